The number of nitrogens with zero attached hydrogens (tertiary/aromatic N) is 1. The third kappa shape index (κ3) is 3.27. The molecule has 4 heteroatoms. The highest BCUT2D eigenvalue weighted by Crippen LogP contribution is 2.17. The van der Waals surface area contributed by atoms with Crippen LogP contribution in [0.3, 0.4) is 0 Å². The molecule has 0 radical (unpaired) electrons. The molecule has 0 aromatic carbocycles. The van der Waals surface area contributed by atoms with E-state index < -0.39 is 11.9 Å². The first-order chi connectivity index (χ1) is 4.34. The predicted molar refractivity (Wildman–Crippen MR) is 34.0 cm³/mol. The predicted octanol–water partition coefficient (Wildman–Crippen LogP) is 2.54. The molecular formula is C6H8F3N. The van der Waals surface area contributed by atoms with Gasteiger partial charge in [0.05, 0.1) is 0 Å². The number of alkyl halides is 3. The van der Waals surface area contributed by atoms with Crippen LogP contribution in [-0.4, -0.2) is 11.9 Å². The molecular weight excluding hydrogens is 143 g/mol. The molecule has 0 saturated carbocycles. The highest BCUT2D eigenvalue weighted by molar-refractivity contribution is 5.88. The summed E-state index contributed by atoms with van der Waals surface area (Å²) in [5.74, 6) is 0. The first kappa shape index (κ1) is 9.20. The van der Waals surface area contributed by atoms with Crippen molar-refractivity contribution in [1.82, 2.24) is 0 Å². The molecule has 1 nitrogen and oxygen atoms in total. The summed E-state index contributed by atoms with van der Waals surface area (Å²) in [6.07, 6.45) is -4.32. The van der Waals surface area contributed by atoms with E-state index in [-0.39, 0.29) is 5.70 Å². The van der Waals surface area contributed by atoms with Crippen molar-refractivity contribution in [1.29, 1.82) is 0 Å². The standard InChI is InChI=1S/C6H8F3N/c1-4(2)10-5(3)6(7,8)9/h1H2,2-3H3. The summed E-state index contributed by atoms with van der Waals surface area (Å²) >= 11 is 0. The van der Waals surface area contributed by atoms with Crippen LogP contribution in [0.4, 0.5) is 13.2 Å². The lowest BCUT2D eigenvalue weighted by Gasteiger charge is -2.03. The molecule has 0 aliphatic heterocycles. The molecule has 0 atom stereocenters. The largest absolute Gasteiger partial charge is 0.429 e. The molecule has 0 aliphatic carbocycles. The Kier molecular flexibility index (Phi) is 2.63. The van der Waals surface area contributed by atoms with Gasteiger partial charge in [-0.25, -0.2) is 0 Å². The zero-order valence-corrected chi connectivity index (χ0v) is 5.79. The van der Waals surface area contributed by atoms with Crippen LogP contribution >= 0.6 is 0 Å². The number of allylic oxidation sites excluding steroid dienone is 1. The molecule has 0 aromatic heterocycles. The highest BCUT2D eigenvalue weighted by Gasteiger charge is 2.31. The Morgan fingerprint density at radius 1 is 1.30 bits per heavy atom. The van der Waals surface area contributed by atoms with Crippen LogP contribution in [0, 0.1) is 0 Å². The summed E-state index contributed by atoms with van der Waals surface area (Å²) in [6, 6.07) is 0. The number of hydrogen-bond donors (Lipinski definition) is 0. The number of aliphatic imine (C=N–C) groups is 1. The van der Waals surface area contributed by atoms with Crippen LogP contribution in [0.2, 0.25) is 0 Å². The van der Waals surface area contributed by atoms with Crippen molar-refractivity contribution in [3.8, 4) is 0 Å². The molecule has 0 saturated heterocycles. The van der Waals surface area contributed by atoms with Gasteiger partial charge in [0.1, 0.15) is 5.71 Å². The lowest BCUT2D eigenvalue weighted by atomic mass is 10.4. The van der Waals surface area contributed by atoms with E-state index in [4.69, 9.17) is 0 Å². The van der Waals surface area contributed by atoms with Crippen molar-refractivity contribution >= 4 is 5.71 Å². The fourth-order valence-electron chi connectivity index (χ4n) is 0.350. The normalized spacial score (nSPS) is 13.5. The molecule has 0 N–H and O–H groups in total. The van der Waals surface area contributed by atoms with Gasteiger partial charge < -0.3 is 0 Å². The summed E-state index contributed by atoms with van der Waals surface area (Å²) < 4.78 is 34.9. The molecule has 0 unspecified atom stereocenters. The minimum Gasteiger partial charge on any atom is -0.254 e. The third-order valence-electron chi connectivity index (χ3n) is 0.769. The van der Waals surface area contributed by atoms with E-state index in [1.165, 1.54) is 6.92 Å². The second kappa shape index (κ2) is 2.86. The molecule has 0 heterocycles. The molecule has 0 aliphatic rings. The van der Waals surface area contributed by atoms with Crippen LogP contribution in [0.1, 0.15) is 13.8 Å². The SMILES string of the molecule is C=C(C)N=C(C)C(F)(F)F. The second-order valence-electron chi connectivity index (χ2n) is 1.93. The van der Waals surface area contributed by atoms with E-state index in [0.29, 0.717) is 0 Å². The van der Waals surface area contributed by atoms with Crippen LogP contribution in [0.5, 0.6) is 0 Å². The number of hydrogen-bond acceptors (Lipinski definition) is 1. The summed E-state index contributed by atoms with van der Waals surface area (Å²) in [6.45, 7) is 5.54. The van der Waals surface area contributed by atoms with Gasteiger partial charge in [-0.2, -0.15) is 13.2 Å². The molecule has 0 spiro atoms. The Hall–Kier alpha value is -0.800. The Balaban J connectivity index is 4.35. The zero-order chi connectivity index (χ0) is 8.36. The van der Waals surface area contributed by atoms with Gasteiger partial charge in [-0.3, -0.25) is 4.99 Å². The van der Waals surface area contributed by atoms with E-state index in [1.807, 2.05) is 0 Å². The van der Waals surface area contributed by atoms with E-state index in [1.54, 1.807) is 0 Å². The van der Waals surface area contributed by atoms with Crippen LogP contribution < -0.4 is 0 Å². The van der Waals surface area contributed by atoms with Crippen LogP contribution in [0.15, 0.2) is 17.3 Å². The summed E-state index contributed by atoms with van der Waals surface area (Å²) in [4.78, 5) is 3.15. The van der Waals surface area contributed by atoms with Crippen LogP contribution in [-0.2, 0) is 0 Å². The van der Waals surface area contributed by atoms with Crippen molar-refractivity contribution < 1.29 is 13.2 Å². The first-order valence-electron chi connectivity index (χ1n) is 2.62. The Morgan fingerprint density at radius 2 is 1.70 bits per heavy atom. The summed E-state index contributed by atoms with van der Waals surface area (Å²) in [5.41, 5.74) is -0.699. The Labute approximate surface area is 57.3 Å². The van der Waals surface area contributed by atoms with Crippen molar-refractivity contribution in [3.05, 3.63) is 12.3 Å². The number of halogens is 3. The summed E-state index contributed by atoms with van der Waals surface area (Å²) in [5, 5.41) is 0. The van der Waals surface area contributed by atoms with E-state index in [0.717, 1.165) is 6.92 Å². The molecule has 0 bridgehead atoms. The lowest BCUT2D eigenvalue weighted by molar-refractivity contribution is -0.0592. The highest BCUT2D eigenvalue weighted by atomic mass is 19.4. The first-order valence-corrected chi connectivity index (χ1v) is 2.62. The monoisotopic (exact) mass is 151 g/mol. The fourth-order valence-corrected chi connectivity index (χ4v) is 0.350. The second-order valence-corrected chi connectivity index (χ2v) is 1.93. The molecule has 0 fully saturated rings. The van der Waals surface area contributed by atoms with Crippen LogP contribution in [0.25, 0.3) is 0 Å². The zero-order valence-electron chi connectivity index (χ0n) is 5.79. The van der Waals surface area contributed by atoms with E-state index in [2.05, 4.69) is 11.6 Å². The van der Waals surface area contributed by atoms with E-state index >= 15 is 0 Å². The Bertz CT molecular complexity index is 166. The molecule has 0 rings (SSSR count). The molecule has 0 amide bonds. The minimum atomic E-state index is -4.32. The molecule has 0 aromatic rings. The maximum atomic E-state index is 11.6. The van der Waals surface area contributed by atoms with E-state index in [9.17, 15) is 13.2 Å². The quantitative estimate of drug-likeness (QED) is 0.510. The van der Waals surface area contributed by atoms with Gasteiger partial charge >= 0.3 is 6.18 Å². The van der Waals surface area contributed by atoms with Gasteiger partial charge in [0, 0.05) is 5.70 Å². The lowest BCUT2D eigenvalue weighted by Crippen LogP contribution is -2.19. The van der Waals surface area contributed by atoms with Gasteiger partial charge in [0.15, 0.2) is 0 Å². The smallest absolute Gasteiger partial charge is 0.254 e. The average Bonchev–Trinajstić information content (AvgIpc) is 1.60. The van der Waals surface area contributed by atoms with Gasteiger partial charge in [-0.05, 0) is 13.8 Å². The molecule has 58 valence electrons. The van der Waals surface area contributed by atoms with Crippen molar-refractivity contribution in [2.24, 2.45) is 4.99 Å². The fraction of sp³-hybridized carbons (Fsp3) is 0.500. The summed E-state index contributed by atoms with van der Waals surface area (Å²) in [7, 11) is 0. The van der Waals surface area contributed by atoms with Gasteiger partial charge in [0.2, 0.25) is 0 Å². The maximum Gasteiger partial charge on any atom is 0.429 e. The minimum absolute atomic E-state index is 0.162. The van der Waals surface area contributed by atoms with Gasteiger partial charge in [-0.15, -0.1) is 0 Å². The van der Waals surface area contributed by atoms with Gasteiger partial charge in [0.25, 0.3) is 0 Å². The van der Waals surface area contributed by atoms with Crippen molar-refractivity contribution in [2.75, 3.05) is 0 Å². The maximum absolute atomic E-state index is 11.6. The third-order valence-corrected chi connectivity index (χ3v) is 0.769. The van der Waals surface area contributed by atoms with Crippen molar-refractivity contribution in [3.63, 3.8) is 0 Å². The Morgan fingerprint density at radius 3 is 1.80 bits per heavy atom. The topological polar surface area (TPSA) is 12.4 Å². The van der Waals surface area contributed by atoms with Gasteiger partial charge in [-0.1, -0.05) is 6.58 Å². The van der Waals surface area contributed by atoms with Crippen molar-refractivity contribution in [2.45, 2.75) is 20.0 Å². The number of rotatable bonds is 1. The molecule has 10 heavy (non-hydrogen) atoms. The average molecular weight is 151 g/mol.